The standard InChI is InChI=1S/C29H34O11/c1-13-3-8-18-14(2)28(36)40-27(18)23-16(10-19(31)22(13)23)11-38-29-26(35)25(34)24(33)20(39-29)12-37-21(32)9-15-4-6-17(30)7-5-15/h4-7,10,14,18,20,23-27,29-30,33-35H,3,8-9,11-12H2,1-2H3. The molecular weight excluding hydrogens is 524 g/mol. The fraction of sp³-hybridized carbons (Fsp3) is 0.552. The quantitative estimate of drug-likeness (QED) is 0.348. The van der Waals surface area contributed by atoms with Crippen molar-refractivity contribution in [3.8, 4) is 5.75 Å². The number of hydrogen-bond donors (Lipinski definition) is 4. The molecule has 11 nitrogen and oxygen atoms in total. The number of aromatic hydroxyl groups is 1. The highest BCUT2D eigenvalue weighted by molar-refractivity contribution is 6.09. The SMILES string of the molecule is CC1=C2C(=O)C=C(COC3OC(COC(=O)Cc4ccc(O)cc4)C(O)C(O)C3O)C2C2OC(=O)C(C)C2CC1. The molecule has 216 valence electrons. The molecule has 2 aliphatic heterocycles. The summed E-state index contributed by atoms with van der Waals surface area (Å²) < 4.78 is 22.5. The van der Waals surface area contributed by atoms with Gasteiger partial charge in [0.1, 0.15) is 42.9 Å². The van der Waals surface area contributed by atoms with Crippen LogP contribution in [-0.2, 0) is 39.8 Å². The molecule has 0 radical (unpaired) electrons. The minimum absolute atomic E-state index is 0.0478. The van der Waals surface area contributed by atoms with Gasteiger partial charge in [0.2, 0.25) is 0 Å². The summed E-state index contributed by atoms with van der Waals surface area (Å²) in [4.78, 5) is 37.6. The van der Waals surface area contributed by atoms with Gasteiger partial charge in [-0.25, -0.2) is 0 Å². The number of esters is 2. The van der Waals surface area contributed by atoms with E-state index in [1.165, 1.54) is 18.2 Å². The molecule has 11 heteroatoms. The van der Waals surface area contributed by atoms with Crippen molar-refractivity contribution in [3.05, 3.63) is 52.6 Å². The van der Waals surface area contributed by atoms with E-state index in [2.05, 4.69) is 0 Å². The van der Waals surface area contributed by atoms with Crippen LogP contribution in [0.4, 0.5) is 0 Å². The van der Waals surface area contributed by atoms with Gasteiger partial charge in [0, 0.05) is 17.4 Å². The summed E-state index contributed by atoms with van der Waals surface area (Å²) in [5, 5.41) is 40.8. The number of carbonyl (C=O) groups is 3. The van der Waals surface area contributed by atoms with E-state index in [0.717, 1.165) is 12.0 Å². The van der Waals surface area contributed by atoms with Gasteiger partial charge in [-0.15, -0.1) is 0 Å². The molecular formula is C29H34O11. The Hall–Kier alpha value is -3.09. The van der Waals surface area contributed by atoms with Gasteiger partial charge in [-0.1, -0.05) is 24.6 Å². The highest BCUT2D eigenvalue weighted by Crippen LogP contribution is 2.48. The third-order valence-corrected chi connectivity index (χ3v) is 8.40. The van der Waals surface area contributed by atoms with Crippen LogP contribution in [0.15, 0.2) is 47.1 Å². The van der Waals surface area contributed by atoms with Crippen LogP contribution in [0, 0.1) is 17.8 Å². The average molecular weight is 559 g/mol. The van der Waals surface area contributed by atoms with Gasteiger partial charge in [-0.05, 0) is 49.1 Å². The monoisotopic (exact) mass is 558 g/mol. The topological polar surface area (TPSA) is 169 Å². The first-order valence-corrected chi connectivity index (χ1v) is 13.4. The predicted octanol–water partition coefficient (Wildman–Crippen LogP) is 0.715. The van der Waals surface area contributed by atoms with E-state index in [4.69, 9.17) is 18.9 Å². The van der Waals surface area contributed by atoms with E-state index >= 15 is 0 Å². The first-order valence-electron chi connectivity index (χ1n) is 13.4. The molecule has 40 heavy (non-hydrogen) atoms. The van der Waals surface area contributed by atoms with Gasteiger partial charge in [0.15, 0.2) is 12.1 Å². The summed E-state index contributed by atoms with van der Waals surface area (Å²) in [7, 11) is 0. The Labute approximate surface area is 231 Å². The molecule has 0 aromatic heterocycles. The smallest absolute Gasteiger partial charge is 0.310 e. The first kappa shape index (κ1) is 28.4. The van der Waals surface area contributed by atoms with Gasteiger partial charge in [0.05, 0.1) is 18.9 Å². The van der Waals surface area contributed by atoms with Gasteiger partial charge < -0.3 is 39.4 Å². The van der Waals surface area contributed by atoms with Crippen LogP contribution in [-0.4, -0.2) is 88.2 Å². The zero-order valence-corrected chi connectivity index (χ0v) is 22.3. The van der Waals surface area contributed by atoms with Crippen molar-refractivity contribution in [2.45, 2.75) is 69.9 Å². The Bertz CT molecular complexity index is 1220. The molecule has 0 bridgehead atoms. The molecule has 2 aliphatic carbocycles. The summed E-state index contributed by atoms with van der Waals surface area (Å²) in [5.41, 5.74) is 2.73. The number of benzene rings is 1. The molecule has 2 saturated heterocycles. The van der Waals surface area contributed by atoms with Gasteiger partial charge in [-0.2, -0.15) is 0 Å². The normalized spacial score (nSPS) is 35.5. The second-order valence-electron chi connectivity index (χ2n) is 11.0. The molecule has 9 atom stereocenters. The number of phenols is 1. The Kier molecular flexibility index (Phi) is 8.12. The van der Waals surface area contributed by atoms with Crippen molar-refractivity contribution < 1.29 is 53.8 Å². The molecule has 0 spiro atoms. The molecule has 9 unspecified atom stereocenters. The number of ketones is 1. The van der Waals surface area contributed by atoms with Crippen LogP contribution in [0.3, 0.4) is 0 Å². The van der Waals surface area contributed by atoms with Crippen LogP contribution in [0.1, 0.15) is 32.3 Å². The molecule has 2 fully saturated rings. The number of ether oxygens (including phenoxy) is 4. The van der Waals surface area contributed by atoms with Crippen LogP contribution < -0.4 is 0 Å². The zero-order valence-electron chi connectivity index (χ0n) is 22.3. The molecule has 5 rings (SSSR count). The second-order valence-corrected chi connectivity index (χ2v) is 11.0. The number of fused-ring (bicyclic) bond motifs is 3. The Morgan fingerprint density at radius 3 is 2.52 bits per heavy atom. The molecule has 2 heterocycles. The third-order valence-electron chi connectivity index (χ3n) is 8.40. The number of rotatable bonds is 7. The van der Waals surface area contributed by atoms with E-state index in [-0.39, 0.29) is 42.4 Å². The lowest BCUT2D eigenvalue weighted by atomic mass is 9.81. The summed E-state index contributed by atoms with van der Waals surface area (Å²) in [6.45, 7) is 3.18. The summed E-state index contributed by atoms with van der Waals surface area (Å²) in [5.74, 6) is -1.82. The fourth-order valence-electron chi connectivity index (χ4n) is 6.07. The lowest BCUT2D eigenvalue weighted by Gasteiger charge is -2.40. The predicted molar refractivity (Wildman–Crippen MR) is 136 cm³/mol. The molecule has 4 N–H and O–H groups in total. The number of aliphatic hydroxyl groups excluding tert-OH is 3. The molecule has 0 amide bonds. The van der Waals surface area contributed by atoms with Gasteiger partial charge in [-0.3, -0.25) is 14.4 Å². The largest absolute Gasteiger partial charge is 0.508 e. The van der Waals surface area contributed by atoms with E-state index < -0.39 is 55.3 Å². The zero-order chi connectivity index (χ0) is 28.7. The number of carbonyl (C=O) groups excluding carboxylic acids is 3. The Balaban J connectivity index is 1.23. The minimum Gasteiger partial charge on any atom is -0.508 e. The van der Waals surface area contributed by atoms with E-state index in [0.29, 0.717) is 23.1 Å². The van der Waals surface area contributed by atoms with Crippen molar-refractivity contribution in [1.29, 1.82) is 0 Å². The Morgan fingerprint density at radius 1 is 1.07 bits per heavy atom. The average Bonchev–Trinajstić information content (AvgIpc) is 3.35. The molecule has 0 saturated carbocycles. The van der Waals surface area contributed by atoms with Crippen molar-refractivity contribution in [2.24, 2.45) is 17.8 Å². The van der Waals surface area contributed by atoms with Crippen LogP contribution >= 0.6 is 0 Å². The summed E-state index contributed by atoms with van der Waals surface area (Å²) in [6.07, 6.45) is -5.10. The van der Waals surface area contributed by atoms with Gasteiger partial charge in [0.25, 0.3) is 0 Å². The highest BCUT2D eigenvalue weighted by Gasteiger charge is 2.52. The second kappa shape index (κ2) is 11.4. The summed E-state index contributed by atoms with van der Waals surface area (Å²) in [6, 6.07) is 6.02. The molecule has 1 aromatic rings. The summed E-state index contributed by atoms with van der Waals surface area (Å²) >= 11 is 0. The first-order chi connectivity index (χ1) is 19.0. The van der Waals surface area contributed by atoms with Crippen LogP contribution in [0.25, 0.3) is 0 Å². The minimum atomic E-state index is -1.64. The van der Waals surface area contributed by atoms with Crippen molar-refractivity contribution in [2.75, 3.05) is 13.2 Å². The Morgan fingerprint density at radius 2 is 1.80 bits per heavy atom. The van der Waals surface area contributed by atoms with Crippen molar-refractivity contribution in [1.82, 2.24) is 0 Å². The lowest BCUT2D eigenvalue weighted by Crippen LogP contribution is -2.59. The van der Waals surface area contributed by atoms with Crippen LogP contribution in [0.5, 0.6) is 5.75 Å². The maximum absolute atomic E-state index is 12.9. The number of aliphatic hydroxyl groups is 3. The molecule has 4 aliphatic rings. The number of allylic oxidation sites excluding steroid dienone is 2. The maximum Gasteiger partial charge on any atom is 0.310 e. The fourth-order valence-corrected chi connectivity index (χ4v) is 6.07. The maximum atomic E-state index is 12.9. The van der Waals surface area contributed by atoms with Crippen molar-refractivity contribution >= 4 is 17.7 Å². The third kappa shape index (κ3) is 5.44. The van der Waals surface area contributed by atoms with Gasteiger partial charge >= 0.3 is 11.9 Å². The van der Waals surface area contributed by atoms with Crippen molar-refractivity contribution in [3.63, 3.8) is 0 Å². The van der Waals surface area contributed by atoms with Crippen LogP contribution in [0.2, 0.25) is 0 Å². The lowest BCUT2D eigenvalue weighted by molar-refractivity contribution is -0.299. The molecule has 1 aromatic carbocycles. The number of hydrogen-bond acceptors (Lipinski definition) is 11. The highest BCUT2D eigenvalue weighted by atomic mass is 16.7. The van der Waals surface area contributed by atoms with E-state index in [1.807, 2.05) is 13.8 Å². The van der Waals surface area contributed by atoms with E-state index in [1.54, 1.807) is 12.1 Å². The van der Waals surface area contributed by atoms with E-state index in [9.17, 15) is 34.8 Å². The number of phenolic OH excluding ortho intramolecular Hbond substituents is 1.